The predicted octanol–water partition coefficient (Wildman–Crippen LogP) is -0.832. The summed E-state index contributed by atoms with van der Waals surface area (Å²) in [4.78, 5) is 0. The molecule has 0 saturated heterocycles. The zero-order valence-electron chi connectivity index (χ0n) is 1.50. The van der Waals surface area contributed by atoms with E-state index in [-0.39, 0.29) is 55.8 Å². The van der Waals surface area contributed by atoms with Crippen LogP contribution in [0.15, 0.2) is 0 Å². The van der Waals surface area contributed by atoms with Gasteiger partial charge in [-0.25, -0.2) is 0 Å². The first-order valence-corrected chi connectivity index (χ1v) is 0. The van der Waals surface area contributed by atoms with Gasteiger partial charge in [0.2, 0.25) is 0 Å². The van der Waals surface area contributed by atoms with Crippen molar-refractivity contribution in [2.24, 2.45) is 0 Å². The molecule has 0 fully saturated rings. The Morgan fingerprint density at radius 3 is 1.00 bits per heavy atom. The third kappa shape index (κ3) is 9.77. The van der Waals surface area contributed by atoms with Gasteiger partial charge in [0.15, 0.2) is 0 Å². The van der Waals surface area contributed by atoms with Crippen LogP contribution in [0.1, 0.15) is 0 Å². The minimum absolute atomic E-state index is 0. The fraction of sp³-hybridized carbons (Fsp3) is 0. The number of rotatable bonds is 0. The van der Waals surface area contributed by atoms with E-state index in [0.717, 1.165) is 0 Å². The summed E-state index contributed by atoms with van der Waals surface area (Å²) in [5.41, 5.74) is 0. The van der Waals surface area contributed by atoms with Crippen LogP contribution < -0.4 is 0 Å². The molecule has 0 aliphatic heterocycles. The van der Waals surface area contributed by atoms with Crippen molar-refractivity contribution in [1.29, 1.82) is 0 Å². The van der Waals surface area contributed by atoms with Crippen molar-refractivity contribution in [3.05, 3.63) is 0 Å². The second-order valence-electron chi connectivity index (χ2n) is 0. The third-order valence-electron chi connectivity index (χ3n) is 0. The van der Waals surface area contributed by atoms with E-state index < -0.39 is 0 Å². The van der Waals surface area contributed by atoms with Crippen LogP contribution in [0.4, 0.5) is 0 Å². The van der Waals surface area contributed by atoms with Gasteiger partial charge in [-0.1, -0.05) is 0 Å². The molecule has 0 aromatic rings. The van der Waals surface area contributed by atoms with Crippen molar-refractivity contribution < 1.29 is 55.8 Å². The Balaban J connectivity index is 0. The molecule has 0 saturated carbocycles. The molecule has 0 atom stereocenters. The van der Waals surface area contributed by atoms with Crippen LogP contribution in [0.25, 0.3) is 0 Å². The van der Waals surface area contributed by atoms with Crippen molar-refractivity contribution in [3.63, 3.8) is 0 Å². The van der Waals surface area contributed by atoms with Crippen molar-refractivity contribution in [2.45, 2.75) is 0 Å². The van der Waals surface area contributed by atoms with Crippen molar-refractivity contribution in [1.82, 2.24) is 0 Å². The zero-order valence-corrected chi connectivity index (χ0v) is 4.64. The van der Waals surface area contributed by atoms with E-state index in [9.17, 15) is 0 Å². The van der Waals surface area contributed by atoms with Gasteiger partial charge in [0.25, 0.3) is 0 Å². The predicted molar refractivity (Wildman–Crippen MR) is 3.61 cm³/mol. The van der Waals surface area contributed by atoms with Crippen LogP contribution in [-0.2, 0) is 50.3 Å². The largest absolute Gasteiger partial charge is 0.412 e. The molecule has 0 aromatic carbocycles. The second kappa shape index (κ2) is 24.8. The van der Waals surface area contributed by atoms with Crippen LogP contribution >= 0.6 is 0 Å². The van der Waals surface area contributed by atoms with E-state index in [2.05, 4.69) is 0 Å². The third-order valence-corrected chi connectivity index (χ3v) is 0. The topological polar surface area (TPSA) is 31.5 Å². The van der Waals surface area contributed by atoms with Gasteiger partial charge in [-0.3, -0.25) is 0 Å². The summed E-state index contributed by atoms with van der Waals surface area (Å²) in [5, 5.41) is 0. The molecule has 0 bridgehead atoms. The van der Waals surface area contributed by atoms with Crippen LogP contribution in [-0.4, -0.2) is 5.48 Å². The molecule has 35 valence electrons. The van der Waals surface area contributed by atoms with Crippen molar-refractivity contribution in [3.8, 4) is 0 Å². The minimum Gasteiger partial charge on any atom is -0.412 e. The second-order valence-corrected chi connectivity index (χ2v) is 0. The van der Waals surface area contributed by atoms with Gasteiger partial charge in [0.1, 0.15) is 0 Å². The molecule has 2 N–H and O–H groups in total. The van der Waals surface area contributed by atoms with Gasteiger partial charge in [-0.2, -0.15) is 0 Å². The molecule has 4 heavy (non-hydrogen) atoms. The SMILES string of the molecule is O.[Co].[Fe].[Ni]. The number of hydrogen-bond donors (Lipinski definition) is 0. The zero-order chi connectivity index (χ0) is 0. The smallest absolute Gasteiger partial charge is 0 e. The maximum Gasteiger partial charge on any atom is 0 e. The average molecular weight is 191 g/mol. The molecular weight excluding hydrogens is 189 g/mol. The normalized spacial score (nSPS) is 0. The van der Waals surface area contributed by atoms with E-state index in [0.29, 0.717) is 0 Å². The maximum absolute atomic E-state index is 0. The summed E-state index contributed by atoms with van der Waals surface area (Å²) in [6.07, 6.45) is 0. The Morgan fingerprint density at radius 1 is 1.00 bits per heavy atom. The van der Waals surface area contributed by atoms with Crippen molar-refractivity contribution >= 4 is 0 Å². The first-order valence-electron chi connectivity index (χ1n) is 0. The molecule has 1 radical (unpaired) electrons. The van der Waals surface area contributed by atoms with Gasteiger partial charge in [0, 0.05) is 50.3 Å². The molecule has 0 rings (SSSR count). The Morgan fingerprint density at radius 2 is 1.00 bits per heavy atom. The van der Waals surface area contributed by atoms with Crippen LogP contribution in [0.5, 0.6) is 0 Å². The van der Waals surface area contributed by atoms with Gasteiger partial charge >= 0.3 is 0 Å². The van der Waals surface area contributed by atoms with Gasteiger partial charge < -0.3 is 5.48 Å². The van der Waals surface area contributed by atoms with Gasteiger partial charge in [0.05, 0.1) is 0 Å². The fourth-order valence-electron chi connectivity index (χ4n) is 0. The van der Waals surface area contributed by atoms with Crippen LogP contribution in [0.3, 0.4) is 0 Å². The Hall–Kier alpha value is 1.48. The molecular formula is H2CoFeNiO. The summed E-state index contributed by atoms with van der Waals surface area (Å²) >= 11 is 0. The first-order chi connectivity index (χ1) is 0. The average Bonchev–Trinajstić information content (AvgIpc) is 0. The van der Waals surface area contributed by atoms with Crippen LogP contribution in [0.2, 0.25) is 0 Å². The molecule has 0 aliphatic rings. The summed E-state index contributed by atoms with van der Waals surface area (Å²) in [6.45, 7) is 0. The monoisotopic (exact) mass is 191 g/mol. The molecule has 1 nitrogen and oxygen atoms in total. The van der Waals surface area contributed by atoms with Gasteiger partial charge in [-0.15, -0.1) is 0 Å². The molecule has 0 aromatic heterocycles. The summed E-state index contributed by atoms with van der Waals surface area (Å²) in [5.74, 6) is 0. The number of hydrogen-bond acceptors (Lipinski definition) is 0. The molecule has 0 spiro atoms. The fourth-order valence-corrected chi connectivity index (χ4v) is 0. The Labute approximate surface area is 55.8 Å². The molecule has 0 heterocycles. The molecule has 0 amide bonds. The van der Waals surface area contributed by atoms with Crippen molar-refractivity contribution in [2.75, 3.05) is 0 Å². The summed E-state index contributed by atoms with van der Waals surface area (Å²) in [6, 6.07) is 0. The molecule has 0 unspecified atom stereocenters. The quantitative estimate of drug-likeness (QED) is 0.448. The standard InChI is InChI=1S/Co.Fe.Ni.H2O/h;;;1H2. The molecule has 0 aliphatic carbocycles. The summed E-state index contributed by atoms with van der Waals surface area (Å²) in [7, 11) is 0. The van der Waals surface area contributed by atoms with E-state index in [1.165, 1.54) is 0 Å². The maximum atomic E-state index is 0. The van der Waals surface area contributed by atoms with Gasteiger partial charge in [-0.05, 0) is 0 Å². The minimum atomic E-state index is 0. The van der Waals surface area contributed by atoms with E-state index in [1.54, 1.807) is 0 Å². The Bertz CT molecular complexity index is 8.00. The first kappa shape index (κ1) is 50.2. The van der Waals surface area contributed by atoms with E-state index >= 15 is 0 Å². The molecule has 4 heteroatoms. The van der Waals surface area contributed by atoms with E-state index in [4.69, 9.17) is 0 Å². The Kier molecular flexibility index (Phi) is 311. The summed E-state index contributed by atoms with van der Waals surface area (Å²) < 4.78 is 0. The van der Waals surface area contributed by atoms with E-state index in [1.807, 2.05) is 0 Å². The van der Waals surface area contributed by atoms with Crippen LogP contribution in [0, 0.1) is 0 Å².